The Hall–Kier alpha value is -4.06. The molecular formula is C27H26N6. The fourth-order valence-corrected chi connectivity index (χ4v) is 3.88. The highest BCUT2D eigenvalue weighted by molar-refractivity contribution is 5.86. The van der Waals surface area contributed by atoms with Crippen LogP contribution in [0.15, 0.2) is 79.4 Å². The average Bonchev–Trinajstić information content (AvgIpc) is 2.84. The van der Waals surface area contributed by atoms with Crippen molar-refractivity contribution >= 4 is 22.4 Å². The van der Waals surface area contributed by atoms with Crippen LogP contribution in [0.4, 0.5) is 5.82 Å². The van der Waals surface area contributed by atoms with E-state index in [1.807, 2.05) is 25.1 Å². The van der Waals surface area contributed by atoms with E-state index in [4.69, 9.17) is 4.98 Å². The molecule has 6 heteroatoms. The van der Waals surface area contributed by atoms with Crippen LogP contribution in [0.3, 0.4) is 0 Å². The lowest BCUT2D eigenvalue weighted by molar-refractivity contribution is 0.404. The molecule has 0 saturated heterocycles. The first-order valence-electron chi connectivity index (χ1n) is 11.1. The van der Waals surface area contributed by atoms with E-state index in [2.05, 4.69) is 81.8 Å². The zero-order valence-electron chi connectivity index (χ0n) is 19.0. The number of benzene rings is 1. The summed E-state index contributed by atoms with van der Waals surface area (Å²) in [5.74, 6) is 0.733. The van der Waals surface area contributed by atoms with E-state index in [0.29, 0.717) is 12.6 Å². The SMILES string of the molecule is Cc1cc(-c2cnc3c(NCc4ccc(C5=CC(C)N(C)C=C5)cc4)nccc3n2)ccn1. The Kier molecular flexibility index (Phi) is 5.57. The molecule has 0 radical (unpaired) electrons. The molecule has 1 aliphatic rings. The maximum absolute atomic E-state index is 4.79. The first-order valence-corrected chi connectivity index (χ1v) is 11.1. The molecule has 0 saturated carbocycles. The van der Waals surface area contributed by atoms with Gasteiger partial charge in [-0.25, -0.2) is 15.0 Å². The van der Waals surface area contributed by atoms with Crippen LogP contribution in [0.25, 0.3) is 27.9 Å². The Morgan fingerprint density at radius 1 is 0.970 bits per heavy atom. The van der Waals surface area contributed by atoms with Gasteiger partial charge < -0.3 is 10.2 Å². The number of fused-ring (bicyclic) bond motifs is 1. The number of nitrogens with one attached hydrogen (secondary N) is 1. The van der Waals surface area contributed by atoms with Crippen molar-refractivity contribution in [1.82, 2.24) is 24.8 Å². The molecule has 33 heavy (non-hydrogen) atoms. The smallest absolute Gasteiger partial charge is 0.154 e. The Morgan fingerprint density at radius 3 is 2.58 bits per heavy atom. The number of aromatic nitrogens is 4. The van der Waals surface area contributed by atoms with Crippen LogP contribution in [0.1, 0.15) is 23.7 Å². The lowest BCUT2D eigenvalue weighted by Crippen LogP contribution is -2.23. The van der Waals surface area contributed by atoms with Crippen molar-refractivity contribution in [2.24, 2.45) is 0 Å². The van der Waals surface area contributed by atoms with E-state index in [0.717, 1.165) is 33.8 Å². The van der Waals surface area contributed by atoms with Crippen molar-refractivity contribution in [2.45, 2.75) is 26.4 Å². The molecule has 0 fully saturated rings. The molecule has 5 rings (SSSR count). The summed E-state index contributed by atoms with van der Waals surface area (Å²) in [5.41, 5.74) is 8.02. The number of pyridine rings is 2. The number of aryl methyl sites for hydroxylation is 1. The normalized spacial score (nSPS) is 15.5. The number of likely N-dealkylation sites (N-methyl/N-ethyl adjacent to an activating group) is 1. The quantitative estimate of drug-likeness (QED) is 0.463. The standard InChI is InChI=1S/C27H26N6/c1-18-14-23(8-11-28-18)25-17-30-26-24(32-25)9-12-29-27(26)31-16-20-4-6-21(7-5-20)22-10-13-33(3)19(2)15-22/h4-15,17,19H,16H2,1-3H3,(H,29,31). The van der Waals surface area contributed by atoms with Crippen molar-refractivity contribution in [3.63, 3.8) is 0 Å². The molecule has 1 N–H and O–H groups in total. The second-order valence-corrected chi connectivity index (χ2v) is 8.36. The van der Waals surface area contributed by atoms with Gasteiger partial charge in [0.15, 0.2) is 5.82 Å². The van der Waals surface area contributed by atoms with Crippen LogP contribution in [0, 0.1) is 6.92 Å². The third-order valence-corrected chi connectivity index (χ3v) is 5.95. The van der Waals surface area contributed by atoms with E-state index >= 15 is 0 Å². The molecule has 0 spiro atoms. The zero-order chi connectivity index (χ0) is 22.8. The molecule has 6 nitrogen and oxygen atoms in total. The maximum Gasteiger partial charge on any atom is 0.154 e. The van der Waals surface area contributed by atoms with Gasteiger partial charge in [-0.15, -0.1) is 0 Å². The number of hydrogen-bond donors (Lipinski definition) is 1. The number of nitrogens with zero attached hydrogens (tertiary/aromatic N) is 5. The van der Waals surface area contributed by atoms with Gasteiger partial charge in [0, 0.05) is 43.3 Å². The van der Waals surface area contributed by atoms with Gasteiger partial charge >= 0.3 is 0 Å². The lowest BCUT2D eigenvalue weighted by atomic mass is 10.00. The van der Waals surface area contributed by atoms with Crippen molar-refractivity contribution in [3.05, 3.63) is 96.2 Å². The van der Waals surface area contributed by atoms with Crippen LogP contribution in [-0.4, -0.2) is 37.9 Å². The molecule has 4 aromatic rings. The molecule has 1 unspecified atom stereocenters. The summed E-state index contributed by atoms with van der Waals surface area (Å²) < 4.78 is 0. The van der Waals surface area contributed by atoms with Crippen LogP contribution in [0.5, 0.6) is 0 Å². The van der Waals surface area contributed by atoms with E-state index in [-0.39, 0.29) is 0 Å². The average molecular weight is 435 g/mol. The van der Waals surface area contributed by atoms with Gasteiger partial charge in [0.05, 0.1) is 17.4 Å². The minimum absolute atomic E-state index is 0.396. The van der Waals surface area contributed by atoms with Crippen LogP contribution in [0.2, 0.25) is 0 Å². The van der Waals surface area contributed by atoms with Gasteiger partial charge in [0.1, 0.15) is 5.52 Å². The van der Waals surface area contributed by atoms with Crippen LogP contribution < -0.4 is 5.32 Å². The van der Waals surface area contributed by atoms with Gasteiger partial charge in [-0.05, 0) is 61.0 Å². The lowest BCUT2D eigenvalue weighted by Gasteiger charge is -2.25. The van der Waals surface area contributed by atoms with Crippen LogP contribution >= 0.6 is 0 Å². The van der Waals surface area contributed by atoms with Crippen molar-refractivity contribution in [1.29, 1.82) is 0 Å². The molecule has 1 aromatic carbocycles. The highest BCUT2D eigenvalue weighted by Crippen LogP contribution is 2.24. The second-order valence-electron chi connectivity index (χ2n) is 8.36. The maximum atomic E-state index is 4.79. The van der Waals surface area contributed by atoms with Gasteiger partial charge in [-0.1, -0.05) is 30.3 Å². The predicted molar refractivity (Wildman–Crippen MR) is 133 cm³/mol. The van der Waals surface area contributed by atoms with Crippen molar-refractivity contribution in [3.8, 4) is 11.3 Å². The van der Waals surface area contributed by atoms with Crippen molar-refractivity contribution in [2.75, 3.05) is 12.4 Å². The molecule has 0 aliphatic carbocycles. The fourth-order valence-electron chi connectivity index (χ4n) is 3.88. The molecule has 0 bridgehead atoms. The number of anilines is 1. The second kappa shape index (κ2) is 8.82. The minimum atomic E-state index is 0.396. The summed E-state index contributed by atoms with van der Waals surface area (Å²) in [7, 11) is 2.09. The zero-order valence-corrected chi connectivity index (χ0v) is 19.0. The molecular weight excluding hydrogens is 408 g/mol. The van der Waals surface area contributed by atoms with E-state index in [9.17, 15) is 0 Å². The third kappa shape index (κ3) is 4.46. The summed E-state index contributed by atoms with van der Waals surface area (Å²) >= 11 is 0. The molecule has 1 atom stereocenters. The summed E-state index contributed by atoms with van der Waals surface area (Å²) in [6.45, 7) is 4.83. The van der Waals surface area contributed by atoms with Gasteiger partial charge in [0.25, 0.3) is 0 Å². The molecule has 4 heterocycles. The Morgan fingerprint density at radius 2 is 1.79 bits per heavy atom. The summed E-state index contributed by atoms with van der Waals surface area (Å²) in [5, 5.41) is 3.43. The number of allylic oxidation sites excluding steroid dienone is 2. The Bertz CT molecular complexity index is 1360. The van der Waals surface area contributed by atoms with Gasteiger partial charge in [-0.3, -0.25) is 4.98 Å². The minimum Gasteiger partial charge on any atom is -0.374 e. The molecule has 1 aliphatic heterocycles. The highest BCUT2D eigenvalue weighted by Gasteiger charge is 2.11. The molecule has 164 valence electrons. The topological polar surface area (TPSA) is 66.8 Å². The summed E-state index contributed by atoms with van der Waals surface area (Å²) in [6, 6.07) is 14.9. The predicted octanol–water partition coefficient (Wildman–Crippen LogP) is 5.24. The monoisotopic (exact) mass is 434 g/mol. The Balaban J connectivity index is 1.32. The first kappa shape index (κ1) is 20.8. The van der Waals surface area contributed by atoms with E-state index in [1.54, 1.807) is 18.6 Å². The largest absolute Gasteiger partial charge is 0.374 e. The fraction of sp³-hybridized carbons (Fsp3) is 0.185. The molecule has 3 aromatic heterocycles. The third-order valence-electron chi connectivity index (χ3n) is 5.95. The van der Waals surface area contributed by atoms with E-state index in [1.165, 1.54) is 16.7 Å². The number of rotatable bonds is 5. The molecule has 0 amide bonds. The first-order chi connectivity index (χ1) is 16.1. The van der Waals surface area contributed by atoms with Crippen molar-refractivity contribution < 1.29 is 0 Å². The number of hydrogen-bond acceptors (Lipinski definition) is 6. The highest BCUT2D eigenvalue weighted by atomic mass is 15.1. The summed E-state index contributed by atoms with van der Waals surface area (Å²) in [4.78, 5) is 20.4. The van der Waals surface area contributed by atoms with Gasteiger partial charge in [0.2, 0.25) is 0 Å². The van der Waals surface area contributed by atoms with E-state index < -0.39 is 0 Å². The Labute approximate surface area is 193 Å². The van der Waals surface area contributed by atoms with Gasteiger partial charge in [-0.2, -0.15) is 0 Å². The van der Waals surface area contributed by atoms with Crippen LogP contribution in [-0.2, 0) is 6.54 Å². The summed E-state index contributed by atoms with van der Waals surface area (Å²) in [6.07, 6.45) is 11.9.